The molecule has 0 radical (unpaired) electrons. The first-order valence-corrected chi connectivity index (χ1v) is 14.4. The molecule has 1 spiro atoms. The van der Waals surface area contributed by atoms with Crippen molar-refractivity contribution in [1.82, 2.24) is 25.2 Å². The molecular formula is C30H36N6O6. The number of carbonyl (C=O) groups excluding carboxylic acids is 3. The highest BCUT2D eigenvalue weighted by atomic mass is 16.5. The molecule has 0 aliphatic carbocycles. The van der Waals surface area contributed by atoms with Crippen LogP contribution in [0.5, 0.6) is 5.75 Å². The quantitative estimate of drug-likeness (QED) is 0.350. The molecule has 12 heteroatoms. The van der Waals surface area contributed by atoms with Crippen LogP contribution in [0, 0.1) is 17.8 Å². The van der Waals surface area contributed by atoms with E-state index in [0.717, 1.165) is 5.52 Å². The third-order valence-corrected chi connectivity index (χ3v) is 9.28. The Balaban J connectivity index is 1.31. The Morgan fingerprint density at radius 2 is 1.93 bits per heavy atom. The number of nitrogens with zero attached hydrogens (tertiary/aromatic N) is 4. The van der Waals surface area contributed by atoms with E-state index < -0.39 is 41.0 Å². The van der Waals surface area contributed by atoms with Crippen molar-refractivity contribution < 1.29 is 29.0 Å². The summed E-state index contributed by atoms with van der Waals surface area (Å²) in [5, 5.41) is 24.3. The van der Waals surface area contributed by atoms with Gasteiger partial charge in [0.1, 0.15) is 29.6 Å². The lowest BCUT2D eigenvalue weighted by Gasteiger charge is -2.36. The third-order valence-electron chi connectivity index (χ3n) is 9.28. The second-order valence-electron chi connectivity index (χ2n) is 11.7. The normalized spacial score (nSPS) is 30.4. The van der Waals surface area contributed by atoms with Crippen LogP contribution in [0.1, 0.15) is 34.1 Å². The van der Waals surface area contributed by atoms with Crippen LogP contribution in [-0.4, -0.2) is 79.2 Å². The molecule has 3 saturated heterocycles. The minimum absolute atomic E-state index is 0.0284. The van der Waals surface area contributed by atoms with E-state index in [9.17, 15) is 19.5 Å². The van der Waals surface area contributed by atoms with Crippen molar-refractivity contribution in [2.24, 2.45) is 17.8 Å². The van der Waals surface area contributed by atoms with E-state index >= 15 is 0 Å². The van der Waals surface area contributed by atoms with E-state index in [0.29, 0.717) is 30.0 Å². The molecule has 3 aliphatic heterocycles. The molecule has 2 bridgehead atoms. The largest absolute Gasteiger partial charge is 0.494 e. The lowest BCUT2D eigenvalue weighted by atomic mass is 9.62. The number of amides is 3. The fourth-order valence-corrected chi connectivity index (χ4v) is 7.24. The molecule has 7 atom stereocenters. The van der Waals surface area contributed by atoms with E-state index in [4.69, 9.17) is 9.47 Å². The zero-order chi connectivity index (χ0) is 29.8. The Labute approximate surface area is 243 Å². The van der Waals surface area contributed by atoms with Crippen LogP contribution in [0.15, 0.2) is 48.5 Å². The fourth-order valence-electron chi connectivity index (χ4n) is 7.24. The summed E-state index contributed by atoms with van der Waals surface area (Å²) in [5.41, 5.74) is -0.188. The third kappa shape index (κ3) is 4.15. The first-order chi connectivity index (χ1) is 20.1. The highest BCUT2D eigenvalue weighted by Gasteiger charge is 2.80. The SMILES string of the molecule is CCOc1ccc(NC(=O)[C@H]2[C@H]3C(=O)N([C@H](C)CO)C(C(=O)NCn4nnc5ccccc54)C34CC(C)[C@]2(C)O4)cc1. The number of likely N-dealkylation sites (tertiary alicyclic amines) is 1. The van der Waals surface area contributed by atoms with Crippen molar-refractivity contribution in [3.63, 3.8) is 0 Å². The highest BCUT2D eigenvalue weighted by molar-refractivity contribution is 6.02. The molecule has 3 unspecified atom stereocenters. The smallest absolute Gasteiger partial charge is 0.247 e. The van der Waals surface area contributed by atoms with Crippen molar-refractivity contribution in [2.45, 2.75) is 64.1 Å². The molecule has 1 aromatic heterocycles. The maximum Gasteiger partial charge on any atom is 0.247 e. The maximum absolute atomic E-state index is 14.2. The van der Waals surface area contributed by atoms with Gasteiger partial charge in [-0.2, -0.15) is 0 Å². The lowest BCUT2D eigenvalue weighted by Crippen LogP contribution is -2.57. The summed E-state index contributed by atoms with van der Waals surface area (Å²) in [6, 6.07) is 12.7. The summed E-state index contributed by atoms with van der Waals surface area (Å²) in [5.74, 6) is -2.31. The Morgan fingerprint density at radius 3 is 2.64 bits per heavy atom. The van der Waals surface area contributed by atoms with E-state index in [1.807, 2.05) is 45.0 Å². The van der Waals surface area contributed by atoms with Gasteiger partial charge in [0.2, 0.25) is 17.7 Å². The average molecular weight is 577 g/mol. The van der Waals surface area contributed by atoms with E-state index in [2.05, 4.69) is 20.9 Å². The van der Waals surface area contributed by atoms with Gasteiger partial charge < -0.3 is 30.1 Å². The number of hydrogen-bond acceptors (Lipinski definition) is 8. The molecule has 2 aromatic carbocycles. The van der Waals surface area contributed by atoms with Crippen LogP contribution in [0.3, 0.4) is 0 Å². The van der Waals surface area contributed by atoms with Crippen molar-refractivity contribution >= 4 is 34.4 Å². The minimum atomic E-state index is -1.23. The van der Waals surface area contributed by atoms with Gasteiger partial charge in [-0.15, -0.1) is 5.10 Å². The summed E-state index contributed by atoms with van der Waals surface area (Å²) in [4.78, 5) is 43.5. The van der Waals surface area contributed by atoms with Crippen LogP contribution in [0.25, 0.3) is 11.0 Å². The predicted octanol–water partition coefficient (Wildman–Crippen LogP) is 1.93. The molecule has 4 heterocycles. The Kier molecular flexibility index (Phi) is 6.93. The fraction of sp³-hybridized carbons (Fsp3) is 0.500. The number of carbonyl (C=O) groups is 3. The molecule has 3 aromatic rings. The summed E-state index contributed by atoms with van der Waals surface area (Å²) in [6.45, 7) is 7.64. The van der Waals surface area contributed by atoms with Crippen molar-refractivity contribution in [2.75, 3.05) is 18.5 Å². The van der Waals surface area contributed by atoms with Crippen LogP contribution in [0.4, 0.5) is 5.69 Å². The predicted molar refractivity (Wildman–Crippen MR) is 152 cm³/mol. The highest BCUT2D eigenvalue weighted by Crippen LogP contribution is 2.65. The summed E-state index contributed by atoms with van der Waals surface area (Å²) < 4.78 is 13.8. The van der Waals surface area contributed by atoms with Crippen molar-refractivity contribution in [3.8, 4) is 5.75 Å². The zero-order valence-electron chi connectivity index (χ0n) is 24.1. The van der Waals surface area contributed by atoms with Gasteiger partial charge in [0, 0.05) is 5.69 Å². The maximum atomic E-state index is 14.2. The van der Waals surface area contributed by atoms with Crippen LogP contribution in [0.2, 0.25) is 0 Å². The van der Waals surface area contributed by atoms with Gasteiger partial charge in [-0.3, -0.25) is 14.4 Å². The monoisotopic (exact) mass is 576 g/mol. The Hall–Kier alpha value is -4.03. The van der Waals surface area contributed by atoms with Gasteiger partial charge in [0.25, 0.3) is 0 Å². The molecule has 0 saturated carbocycles. The van der Waals surface area contributed by atoms with Crippen LogP contribution in [-0.2, 0) is 25.8 Å². The molecule has 222 valence electrons. The summed E-state index contributed by atoms with van der Waals surface area (Å²) >= 11 is 0. The molecule has 3 amide bonds. The van der Waals surface area contributed by atoms with E-state index in [1.165, 1.54) is 4.90 Å². The summed E-state index contributed by atoms with van der Waals surface area (Å²) in [7, 11) is 0. The van der Waals surface area contributed by atoms with Gasteiger partial charge in [-0.25, -0.2) is 4.68 Å². The number of aromatic nitrogens is 3. The average Bonchev–Trinajstić information content (AvgIpc) is 3.65. The van der Waals surface area contributed by atoms with Gasteiger partial charge in [0.15, 0.2) is 0 Å². The number of anilines is 1. The number of hydrogen-bond donors (Lipinski definition) is 3. The minimum Gasteiger partial charge on any atom is -0.494 e. The van der Waals surface area contributed by atoms with E-state index in [1.54, 1.807) is 35.9 Å². The molecule has 3 aliphatic rings. The first kappa shape index (κ1) is 28.1. The second-order valence-corrected chi connectivity index (χ2v) is 11.7. The number of aliphatic hydroxyl groups excluding tert-OH is 1. The van der Waals surface area contributed by atoms with E-state index in [-0.39, 0.29) is 31.0 Å². The van der Waals surface area contributed by atoms with Gasteiger partial charge in [0.05, 0.1) is 42.2 Å². The molecule has 42 heavy (non-hydrogen) atoms. The van der Waals surface area contributed by atoms with Crippen molar-refractivity contribution in [3.05, 3.63) is 48.5 Å². The van der Waals surface area contributed by atoms with Crippen LogP contribution >= 0.6 is 0 Å². The number of aliphatic hydroxyl groups is 1. The molecule has 3 fully saturated rings. The number of ether oxygens (including phenoxy) is 2. The lowest BCUT2D eigenvalue weighted by molar-refractivity contribution is -0.149. The molecule has 6 rings (SSSR count). The number of nitrogens with one attached hydrogen (secondary N) is 2. The molecular weight excluding hydrogens is 540 g/mol. The van der Waals surface area contributed by atoms with Crippen molar-refractivity contribution in [1.29, 1.82) is 0 Å². The van der Waals surface area contributed by atoms with Gasteiger partial charge in [-0.05, 0) is 69.5 Å². The molecule has 12 nitrogen and oxygen atoms in total. The Morgan fingerprint density at radius 1 is 1.19 bits per heavy atom. The summed E-state index contributed by atoms with van der Waals surface area (Å²) in [6.07, 6.45) is 0.422. The Bertz CT molecular complexity index is 1530. The second kappa shape index (κ2) is 10.4. The zero-order valence-corrected chi connectivity index (χ0v) is 24.1. The van der Waals surface area contributed by atoms with Gasteiger partial charge in [-0.1, -0.05) is 24.3 Å². The topological polar surface area (TPSA) is 148 Å². The number of para-hydroxylation sites is 1. The van der Waals surface area contributed by atoms with Crippen LogP contribution < -0.4 is 15.4 Å². The van der Waals surface area contributed by atoms with Gasteiger partial charge >= 0.3 is 0 Å². The molecule has 3 N–H and O–H groups in total. The standard InChI is InChI=1S/C30H36N6O6/c1-5-41-20-12-10-19(11-13-20)32-26(38)23-24-28(40)36(18(3)15-37)25(30(24)14-17(2)29(23,4)42-30)27(39)31-16-35-22-9-7-6-8-21(22)33-34-35/h6-13,17-18,23-25,37H,5,14-16H2,1-4H3,(H,31,39)(H,32,38)/t17?,18-,23-,24+,25?,29+,30?/m1/s1. The number of benzene rings is 2. The number of fused-ring (bicyclic) bond motifs is 2. The number of rotatable bonds is 9. The first-order valence-electron chi connectivity index (χ1n) is 14.4.